The molecule has 2 saturated heterocycles. The number of carbonyl (C=O) groups excluding carboxylic acids is 8. The van der Waals surface area contributed by atoms with Crippen LogP contribution in [-0.2, 0) is 70.6 Å². The Balaban J connectivity index is 1.18. The van der Waals surface area contributed by atoms with Crippen LogP contribution in [0.15, 0.2) is 146 Å². The molecule has 6 aromatic rings. The van der Waals surface area contributed by atoms with Crippen LogP contribution in [0, 0.1) is 0 Å². The average molecular weight is 1100 g/mol. The van der Waals surface area contributed by atoms with E-state index < -0.39 is 83.9 Å². The number of amides is 8. The molecule has 0 bridgehead atoms. The number of rotatable bonds is 19. The molecular formula is C61H70N10O10. The predicted octanol–water partition coefficient (Wildman–Crippen LogP) is 3.42. The Morgan fingerprint density at radius 3 is 1.69 bits per heavy atom. The van der Waals surface area contributed by atoms with Crippen molar-refractivity contribution in [3.8, 4) is 5.75 Å². The van der Waals surface area contributed by atoms with Crippen LogP contribution in [0.25, 0.3) is 10.9 Å². The molecule has 0 spiro atoms. The number of aromatic amines is 1. The summed E-state index contributed by atoms with van der Waals surface area (Å²) in [5.74, 6) is -4.07. The second kappa shape index (κ2) is 28.7. The van der Waals surface area contributed by atoms with Crippen molar-refractivity contribution in [2.75, 3.05) is 26.2 Å². The normalized spacial score (nSPS) is 21.0. The zero-order valence-electron chi connectivity index (χ0n) is 45.2. The molecule has 0 saturated carbocycles. The van der Waals surface area contributed by atoms with Crippen LogP contribution < -0.4 is 47.7 Å². The van der Waals surface area contributed by atoms with Crippen LogP contribution in [0.1, 0.15) is 60.4 Å². The van der Waals surface area contributed by atoms with Gasteiger partial charge in [0.1, 0.15) is 54.7 Å². The minimum Gasteiger partial charge on any atom is -0.489 e. The first-order chi connectivity index (χ1) is 39.3. The van der Waals surface area contributed by atoms with Crippen LogP contribution in [0.5, 0.6) is 5.75 Å². The van der Waals surface area contributed by atoms with E-state index in [1.54, 1.807) is 91.1 Å². The standard InChI is InChI=1S/C61H70N10O10/c1-39(72)63-29-30-64-61(79)81-46-35-54-59(77)69-51(31-40-15-5-2-6-16-40)56(74)68-52(34-44-36-65-48-22-12-11-21-47(44)48)58(76)66-49(23-13-14-28-62)55(73)67-50(32-42-24-26-45(27-25-42)80-38-43-19-9-4-10-20-43)57(75)70-53(60(78)71(54)37-46)33-41-17-7-3-8-18-41/h2-12,15-22,24-27,36,46,49-54,65H,13-14,23,28-35,37-38,62H2,1H3,(H,63,72)(H,64,79)(H,66,76)(H,67,73)(H,68,74)(H,69,77)(H,70,75)/t46-,49+,50+,51+,52-,53+,54+/m1/s1. The fourth-order valence-corrected chi connectivity index (χ4v) is 10.0. The van der Waals surface area contributed by atoms with E-state index in [0.717, 1.165) is 16.5 Å². The summed E-state index contributed by atoms with van der Waals surface area (Å²) in [5, 5.41) is 20.5. The van der Waals surface area contributed by atoms with Gasteiger partial charge in [0.05, 0.1) is 6.54 Å². The summed E-state index contributed by atoms with van der Waals surface area (Å²) in [6, 6.07) is 34.1. The first kappa shape index (κ1) is 58.1. The molecule has 0 unspecified atom stereocenters. The monoisotopic (exact) mass is 1100 g/mol. The number of nitrogens with one attached hydrogen (secondary N) is 8. The summed E-state index contributed by atoms with van der Waals surface area (Å²) >= 11 is 0. The number of unbranched alkanes of at least 4 members (excludes halogenated alkanes) is 1. The highest BCUT2D eigenvalue weighted by molar-refractivity contribution is 5.99. The SMILES string of the molecule is CC(=O)NCCNC(=O)O[C@@H]1C[C@H]2C(=O)N[C@@H](Cc3ccccc3)C(=O)N[C@H](Cc3c[nH]c4ccccc34)C(=O)N[C@@H](CCCCN)C(=O)N[C@@H](Cc3ccc(OCc4ccccc4)cc3)C(=O)N[C@@H](Cc3ccccc3)C(=O)N2C1. The van der Waals surface area contributed by atoms with E-state index >= 15 is 14.4 Å². The molecule has 20 heteroatoms. The Hall–Kier alpha value is -9.04. The van der Waals surface area contributed by atoms with Crippen molar-refractivity contribution < 1.29 is 47.8 Å². The van der Waals surface area contributed by atoms with E-state index in [4.69, 9.17) is 15.2 Å². The Morgan fingerprint density at radius 1 is 0.568 bits per heavy atom. The number of hydrogen-bond acceptors (Lipinski definition) is 11. The molecule has 10 N–H and O–H groups in total. The topological polar surface area (TPSA) is 284 Å². The fraction of sp³-hybridized carbons (Fsp3) is 0.344. The smallest absolute Gasteiger partial charge is 0.407 e. The van der Waals surface area contributed by atoms with Gasteiger partial charge in [0.25, 0.3) is 0 Å². The van der Waals surface area contributed by atoms with Crippen molar-refractivity contribution >= 4 is 58.3 Å². The molecule has 424 valence electrons. The van der Waals surface area contributed by atoms with Crippen LogP contribution in [0.3, 0.4) is 0 Å². The molecule has 1 aromatic heterocycles. The molecule has 81 heavy (non-hydrogen) atoms. The molecule has 0 aliphatic carbocycles. The second-order valence-electron chi connectivity index (χ2n) is 20.3. The molecule has 20 nitrogen and oxygen atoms in total. The van der Waals surface area contributed by atoms with Crippen molar-refractivity contribution in [3.05, 3.63) is 174 Å². The van der Waals surface area contributed by atoms with E-state index in [0.29, 0.717) is 54.0 Å². The Labute approximate surface area is 470 Å². The Kier molecular flexibility index (Phi) is 20.6. The summed E-state index contributed by atoms with van der Waals surface area (Å²) in [7, 11) is 0. The van der Waals surface area contributed by atoms with Crippen molar-refractivity contribution in [1.29, 1.82) is 0 Å². The summed E-state index contributed by atoms with van der Waals surface area (Å²) in [4.78, 5) is 120. The molecule has 3 heterocycles. The lowest BCUT2D eigenvalue weighted by atomic mass is 9.99. The van der Waals surface area contributed by atoms with Gasteiger partial charge in [0, 0.05) is 69.2 Å². The van der Waals surface area contributed by atoms with Crippen LogP contribution in [-0.4, -0.2) is 126 Å². The number of hydrogen-bond donors (Lipinski definition) is 9. The third-order valence-corrected chi connectivity index (χ3v) is 14.3. The lowest BCUT2D eigenvalue weighted by Crippen LogP contribution is -2.62. The minimum absolute atomic E-state index is 0.0246. The number of alkyl carbamates (subject to hydrolysis) is 1. The maximum absolute atomic E-state index is 15.4. The quantitative estimate of drug-likeness (QED) is 0.0530. The summed E-state index contributed by atoms with van der Waals surface area (Å²) in [6.07, 6.45) is 0.430. The average Bonchev–Trinajstić information content (AvgIpc) is 4.12. The number of ether oxygens (including phenoxy) is 2. The Bertz CT molecular complexity index is 3110. The highest BCUT2D eigenvalue weighted by Crippen LogP contribution is 2.25. The van der Waals surface area contributed by atoms with Crippen LogP contribution in [0.4, 0.5) is 4.79 Å². The molecule has 7 atom stereocenters. The van der Waals surface area contributed by atoms with Gasteiger partial charge in [-0.3, -0.25) is 33.6 Å². The fourth-order valence-electron chi connectivity index (χ4n) is 10.0. The third kappa shape index (κ3) is 16.7. The maximum atomic E-state index is 15.4. The van der Waals surface area contributed by atoms with Crippen LogP contribution in [0.2, 0.25) is 0 Å². The van der Waals surface area contributed by atoms with Gasteiger partial charge < -0.3 is 62.3 Å². The van der Waals surface area contributed by atoms with Gasteiger partial charge in [-0.2, -0.15) is 0 Å². The largest absolute Gasteiger partial charge is 0.489 e. The number of nitrogens with zero attached hydrogens (tertiary/aromatic N) is 1. The highest BCUT2D eigenvalue weighted by atomic mass is 16.6. The summed E-state index contributed by atoms with van der Waals surface area (Å²) in [6.45, 7) is 1.81. The van der Waals surface area contributed by atoms with Gasteiger partial charge in [-0.05, 0) is 71.8 Å². The molecule has 8 amide bonds. The van der Waals surface area contributed by atoms with Crippen molar-refractivity contribution in [2.45, 2.75) is 107 Å². The number of fused-ring (bicyclic) bond motifs is 2. The molecule has 2 fully saturated rings. The first-order valence-electron chi connectivity index (χ1n) is 27.4. The van der Waals surface area contributed by atoms with Gasteiger partial charge in [0.2, 0.25) is 41.4 Å². The van der Waals surface area contributed by atoms with Gasteiger partial charge >= 0.3 is 6.09 Å². The zero-order chi connectivity index (χ0) is 57.1. The number of H-pyrrole nitrogens is 1. The maximum Gasteiger partial charge on any atom is 0.407 e. The lowest BCUT2D eigenvalue weighted by Gasteiger charge is -2.32. The molecule has 8 rings (SSSR count). The highest BCUT2D eigenvalue weighted by Gasteiger charge is 2.45. The molecule has 0 radical (unpaired) electrons. The van der Waals surface area contributed by atoms with E-state index in [-0.39, 0.29) is 64.1 Å². The number of nitrogens with two attached hydrogens (primary N) is 1. The number of carbonyl (C=O) groups is 8. The lowest BCUT2D eigenvalue weighted by molar-refractivity contribution is -0.143. The molecular weight excluding hydrogens is 1030 g/mol. The predicted molar refractivity (Wildman–Crippen MR) is 303 cm³/mol. The van der Waals surface area contributed by atoms with Crippen molar-refractivity contribution in [2.24, 2.45) is 5.73 Å². The van der Waals surface area contributed by atoms with Gasteiger partial charge in [-0.1, -0.05) is 121 Å². The van der Waals surface area contributed by atoms with Crippen molar-refractivity contribution in [1.82, 2.24) is 47.1 Å². The zero-order valence-corrected chi connectivity index (χ0v) is 45.2. The first-order valence-corrected chi connectivity index (χ1v) is 27.4. The minimum atomic E-state index is -1.36. The number of aromatic nitrogens is 1. The number of benzene rings is 5. The summed E-state index contributed by atoms with van der Waals surface area (Å²) < 4.78 is 11.8. The van der Waals surface area contributed by atoms with Gasteiger partial charge in [0.15, 0.2) is 0 Å². The van der Waals surface area contributed by atoms with Gasteiger partial charge in [-0.25, -0.2) is 4.79 Å². The van der Waals surface area contributed by atoms with E-state index in [9.17, 15) is 24.0 Å². The molecule has 5 aromatic carbocycles. The van der Waals surface area contributed by atoms with Gasteiger partial charge in [-0.15, -0.1) is 0 Å². The van der Waals surface area contributed by atoms with E-state index in [2.05, 4.69) is 42.2 Å². The summed E-state index contributed by atoms with van der Waals surface area (Å²) in [5.41, 5.74) is 10.3. The molecule has 2 aliphatic heterocycles. The van der Waals surface area contributed by atoms with Crippen molar-refractivity contribution in [3.63, 3.8) is 0 Å². The number of para-hydroxylation sites is 1. The third-order valence-electron chi connectivity index (χ3n) is 14.3. The van der Waals surface area contributed by atoms with E-state index in [1.165, 1.54) is 11.8 Å². The Morgan fingerprint density at radius 2 is 1.07 bits per heavy atom. The van der Waals surface area contributed by atoms with Crippen LogP contribution >= 0.6 is 0 Å². The molecule has 2 aliphatic rings. The van der Waals surface area contributed by atoms with E-state index in [1.807, 2.05) is 54.6 Å². The second-order valence-corrected chi connectivity index (χ2v) is 20.3.